The first-order valence-corrected chi connectivity index (χ1v) is 5.62. The van der Waals surface area contributed by atoms with Crippen LogP contribution in [0.5, 0.6) is 0 Å². The Morgan fingerprint density at radius 3 is 2.67 bits per heavy atom. The van der Waals surface area contributed by atoms with Gasteiger partial charge in [-0.3, -0.25) is 4.79 Å². The number of carbonyl (C=O) groups is 2. The first kappa shape index (κ1) is 14.0. The third kappa shape index (κ3) is 4.04. The Hall–Kier alpha value is -2.11. The molecule has 98 valence electrons. The van der Waals surface area contributed by atoms with E-state index in [0.717, 1.165) is 0 Å². The van der Waals surface area contributed by atoms with Crippen molar-refractivity contribution >= 4 is 17.6 Å². The molecule has 3 N–H and O–H groups in total. The largest absolute Gasteiger partial charge is 0.477 e. The summed E-state index contributed by atoms with van der Waals surface area (Å²) in [6.07, 6.45) is 1.41. The van der Waals surface area contributed by atoms with Gasteiger partial charge < -0.3 is 15.7 Å². The molecule has 0 aliphatic rings. The van der Waals surface area contributed by atoms with E-state index in [1.165, 1.54) is 12.3 Å². The van der Waals surface area contributed by atoms with Crippen molar-refractivity contribution in [2.75, 3.05) is 18.0 Å². The molecule has 0 aromatic carbocycles. The maximum Gasteiger partial charge on any atom is 0.354 e. The van der Waals surface area contributed by atoms with E-state index in [4.69, 9.17) is 10.8 Å². The highest BCUT2D eigenvalue weighted by molar-refractivity contribution is 5.87. The molecule has 6 nitrogen and oxygen atoms in total. The molecule has 0 aliphatic heterocycles. The summed E-state index contributed by atoms with van der Waals surface area (Å²) in [6.45, 7) is 4.69. The number of pyridine rings is 1. The second-order valence-electron chi connectivity index (χ2n) is 4.45. The van der Waals surface area contributed by atoms with Crippen molar-refractivity contribution in [3.63, 3.8) is 0 Å². The summed E-state index contributed by atoms with van der Waals surface area (Å²) in [6, 6.07) is 3.10. The molecule has 0 fully saturated rings. The highest BCUT2D eigenvalue weighted by Gasteiger charge is 2.13. The number of aromatic nitrogens is 1. The molecular formula is C12H17N3O3. The van der Waals surface area contributed by atoms with Crippen LogP contribution in [0.4, 0.5) is 5.69 Å². The van der Waals surface area contributed by atoms with Crippen LogP contribution in [0.1, 0.15) is 24.3 Å². The van der Waals surface area contributed by atoms with E-state index >= 15 is 0 Å². The summed E-state index contributed by atoms with van der Waals surface area (Å²) in [5, 5.41) is 8.88. The molecule has 0 unspecified atom stereocenters. The van der Waals surface area contributed by atoms with Gasteiger partial charge in [0.2, 0.25) is 5.91 Å². The molecule has 18 heavy (non-hydrogen) atoms. The Bertz CT molecular complexity index is 446. The molecule has 0 spiro atoms. The molecule has 0 saturated carbocycles. The fourth-order valence-electron chi connectivity index (χ4n) is 1.62. The molecule has 0 aliphatic carbocycles. The summed E-state index contributed by atoms with van der Waals surface area (Å²) in [5.74, 6) is -1.23. The molecule has 6 heteroatoms. The van der Waals surface area contributed by atoms with Crippen LogP contribution in [0.2, 0.25) is 0 Å². The zero-order chi connectivity index (χ0) is 13.7. The fraction of sp³-hybridized carbons (Fsp3) is 0.417. The van der Waals surface area contributed by atoms with Crippen LogP contribution in [0.25, 0.3) is 0 Å². The van der Waals surface area contributed by atoms with Crippen LogP contribution >= 0.6 is 0 Å². The van der Waals surface area contributed by atoms with Crippen molar-refractivity contribution in [3.05, 3.63) is 24.0 Å². The molecule has 1 heterocycles. The number of carboxylic acids is 1. The van der Waals surface area contributed by atoms with Crippen molar-refractivity contribution in [3.8, 4) is 0 Å². The van der Waals surface area contributed by atoms with Crippen molar-refractivity contribution in [1.82, 2.24) is 4.98 Å². The van der Waals surface area contributed by atoms with Gasteiger partial charge in [-0.2, -0.15) is 0 Å². The van der Waals surface area contributed by atoms with E-state index in [2.05, 4.69) is 4.98 Å². The van der Waals surface area contributed by atoms with Gasteiger partial charge in [-0.25, -0.2) is 9.78 Å². The lowest BCUT2D eigenvalue weighted by atomic mass is 10.2. The zero-order valence-corrected chi connectivity index (χ0v) is 10.5. The Balaban J connectivity index is 3.00. The maximum atomic E-state index is 11.0. The van der Waals surface area contributed by atoms with E-state index in [1.807, 2.05) is 13.8 Å². The summed E-state index contributed by atoms with van der Waals surface area (Å²) < 4.78 is 0. The Morgan fingerprint density at radius 2 is 2.17 bits per heavy atom. The molecule has 1 aromatic heterocycles. The quantitative estimate of drug-likeness (QED) is 0.776. The number of rotatable bonds is 6. The van der Waals surface area contributed by atoms with E-state index in [0.29, 0.717) is 18.2 Å². The molecule has 1 amide bonds. The minimum absolute atomic E-state index is 0.0503. The predicted molar refractivity (Wildman–Crippen MR) is 67.4 cm³/mol. The van der Waals surface area contributed by atoms with Crippen LogP contribution in [0, 0.1) is 5.92 Å². The molecule has 0 atom stereocenters. The second-order valence-corrected chi connectivity index (χ2v) is 4.45. The summed E-state index contributed by atoms with van der Waals surface area (Å²) in [7, 11) is 0. The lowest BCUT2D eigenvalue weighted by Gasteiger charge is -2.25. The Labute approximate surface area is 105 Å². The number of aromatic carboxylic acids is 1. The van der Waals surface area contributed by atoms with Gasteiger partial charge in [-0.05, 0) is 18.1 Å². The molecular weight excluding hydrogens is 234 g/mol. The summed E-state index contributed by atoms with van der Waals surface area (Å²) in [4.78, 5) is 27.4. The second kappa shape index (κ2) is 6.00. The lowest BCUT2D eigenvalue weighted by molar-refractivity contribution is -0.116. The number of hydrogen-bond acceptors (Lipinski definition) is 4. The van der Waals surface area contributed by atoms with Gasteiger partial charge in [-0.1, -0.05) is 13.8 Å². The van der Waals surface area contributed by atoms with Gasteiger partial charge >= 0.3 is 5.97 Å². The third-order valence-electron chi connectivity index (χ3n) is 2.26. The molecule has 1 rings (SSSR count). The Kier molecular flexibility index (Phi) is 4.65. The number of primary amides is 1. The van der Waals surface area contributed by atoms with Crippen molar-refractivity contribution in [2.45, 2.75) is 13.8 Å². The average Bonchev–Trinajstić information content (AvgIpc) is 2.27. The van der Waals surface area contributed by atoms with E-state index in [-0.39, 0.29) is 12.2 Å². The van der Waals surface area contributed by atoms with E-state index in [1.54, 1.807) is 11.0 Å². The number of hydrogen-bond donors (Lipinski definition) is 2. The molecule has 0 radical (unpaired) electrons. The first-order valence-electron chi connectivity index (χ1n) is 5.62. The number of nitrogens with two attached hydrogens (primary N) is 1. The standard InChI is InChI=1S/C12H17N3O3/c1-8(2)6-15(7-11(13)16)9-3-4-14-10(5-9)12(17)18/h3-5,8H,6-7H2,1-2H3,(H2,13,16)(H,17,18). The topological polar surface area (TPSA) is 96.5 Å². The van der Waals surface area contributed by atoms with Crippen LogP contribution in [-0.4, -0.2) is 35.1 Å². The third-order valence-corrected chi connectivity index (χ3v) is 2.26. The van der Waals surface area contributed by atoms with Gasteiger partial charge in [0.25, 0.3) is 0 Å². The smallest absolute Gasteiger partial charge is 0.354 e. The van der Waals surface area contributed by atoms with Gasteiger partial charge in [0.05, 0.1) is 6.54 Å². The number of carboxylic acid groups (broad SMARTS) is 1. The van der Waals surface area contributed by atoms with Crippen molar-refractivity contribution in [1.29, 1.82) is 0 Å². The van der Waals surface area contributed by atoms with Crippen LogP contribution in [0.15, 0.2) is 18.3 Å². The minimum atomic E-state index is -1.10. The zero-order valence-electron chi connectivity index (χ0n) is 10.5. The SMILES string of the molecule is CC(C)CN(CC(N)=O)c1ccnc(C(=O)O)c1. The van der Waals surface area contributed by atoms with Gasteiger partial charge in [0, 0.05) is 18.4 Å². The normalized spacial score (nSPS) is 10.4. The van der Waals surface area contributed by atoms with Crippen LogP contribution in [0.3, 0.4) is 0 Å². The van der Waals surface area contributed by atoms with E-state index < -0.39 is 11.9 Å². The highest BCUT2D eigenvalue weighted by atomic mass is 16.4. The monoisotopic (exact) mass is 251 g/mol. The summed E-state index contributed by atoms with van der Waals surface area (Å²) >= 11 is 0. The Morgan fingerprint density at radius 1 is 1.50 bits per heavy atom. The highest BCUT2D eigenvalue weighted by Crippen LogP contribution is 2.16. The fourth-order valence-corrected chi connectivity index (χ4v) is 1.62. The van der Waals surface area contributed by atoms with Crippen LogP contribution < -0.4 is 10.6 Å². The predicted octanol–water partition coefficient (Wildman–Crippen LogP) is 0.727. The number of amides is 1. The first-order chi connectivity index (χ1) is 8.40. The van der Waals surface area contributed by atoms with Gasteiger partial charge in [0.1, 0.15) is 5.69 Å². The molecule has 0 bridgehead atoms. The van der Waals surface area contributed by atoms with Gasteiger partial charge in [-0.15, -0.1) is 0 Å². The number of anilines is 1. The summed E-state index contributed by atoms with van der Waals surface area (Å²) in [5.41, 5.74) is 5.78. The molecule has 0 saturated heterocycles. The average molecular weight is 251 g/mol. The number of nitrogens with zero attached hydrogens (tertiary/aromatic N) is 2. The molecule has 1 aromatic rings. The van der Waals surface area contributed by atoms with Crippen LogP contribution in [-0.2, 0) is 4.79 Å². The minimum Gasteiger partial charge on any atom is -0.477 e. The van der Waals surface area contributed by atoms with E-state index in [9.17, 15) is 9.59 Å². The number of carbonyl (C=O) groups excluding carboxylic acids is 1. The maximum absolute atomic E-state index is 11.0. The van der Waals surface area contributed by atoms with Gasteiger partial charge in [0.15, 0.2) is 0 Å². The van der Waals surface area contributed by atoms with Crippen molar-refractivity contribution < 1.29 is 14.7 Å². The lowest BCUT2D eigenvalue weighted by Crippen LogP contribution is -2.36. The van der Waals surface area contributed by atoms with Crippen molar-refractivity contribution in [2.24, 2.45) is 11.7 Å².